The Hall–Kier alpha value is -3.26. The molecule has 1 heterocycles. The number of rotatable bonds is 6. The van der Waals surface area contributed by atoms with Crippen molar-refractivity contribution in [2.75, 3.05) is 44.9 Å². The van der Waals surface area contributed by atoms with Gasteiger partial charge in [0.25, 0.3) is 0 Å². The first-order chi connectivity index (χ1) is 14.5. The average Bonchev–Trinajstić information content (AvgIpc) is 2.78. The zero-order chi connectivity index (χ0) is 21.7. The van der Waals surface area contributed by atoms with Crippen LogP contribution in [-0.4, -0.2) is 52.0 Å². The van der Waals surface area contributed by atoms with E-state index < -0.39 is 11.9 Å². The number of hydrogen-bond donors (Lipinski definition) is 0. The lowest BCUT2D eigenvalue weighted by Gasteiger charge is -2.32. The number of nitrogens with zero attached hydrogens (tertiary/aromatic N) is 2. The molecule has 30 heavy (non-hydrogen) atoms. The number of anilines is 1. The van der Waals surface area contributed by atoms with E-state index >= 15 is 0 Å². The Labute approximate surface area is 174 Å². The van der Waals surface area contributed by atoms with Crippen LogP contribution in [0.4, 0.5) is 11.4 Å². The minimum absolute atomic E-state index is 0.117. The summed E-state index contributed by atoms with van der Waals surface area (Å²) < 4.78 is 15.8. The molecule has 2 aromatic carbocycles. The molecule has 1 fully saturated rings. The summed E-state index contributed by atoms with van der Waals surface area (Å²) in [6, 6.07) is 8.36. The molecular weight excluding hydrogens is 388 g/mol. The van der Waals surface area contributed by atoms with Gasteiger partial charge in [-0.25, -0.2) is 9.59 Å². The van der Waals surface area contributed by atoms with Crippen LogP contribution in [0.5, 0.6) is 0 Å². The van der Waals surface area contributed by atoms with Crippen molar-refractivity contribution in [3.05, 3.63) is 51.9 Å². The van der Waals surface area contributed by atoms with E-state index in [0.29, 0.717) is 43.1 Å². The van der Waals surface area contributed by atoms with Crippen LogP contribution < -0.4 is 4.90 Å². The molecule has 0 unspecified atom stereocenters. The van der Waals surface area contributed by atoms with E-state index in [0.717, 1.165) is 0 Å². The zero-order valence-electron chi connectivity index (χ0n) is 17.3. The molecule has 0 atom stereocenters. The van der Waals surface area contributed by atoms with Gasteiger partial charge in [-0.1, -0.05) is 18.2 Å². The van der Waals surface area contributed by atoms with Crippen molar-refractivity contribution in [3.8, 4) is 11.1 Å². The Morgan fingerprint density at radius 1 is 1.13 bits per heavy atom. The summed E-state index contributed by atoms with van der Waals surface area (Å²) in [5.41, 5.74) is 2.43. The molecule has 3 rings (SSSR count). The Morgan fingerprint density at radius 2 is 1.83 bits per heavy atom. The van der Waals surface area contributed by atoms with E-state index in [1.54, 1.807) is 38.1 Å². The molecule has 1 saturated heterocycles. The number of morpholine rings is 1. The van der Waals surface area contributed by atoms with E-state index in [9.17, 15) is 14.5 Å². The number of hydrogen-bond acceptors (Lipinski definition) is 8. The molecule has 1 aliphatic rings. The molecule has 0 amide bonds. The largest absolute Gasteiger partial charge is 0.465 e. The van der Waals surface area contributed by atoms with Crippen molar-refractivity contribution in [2.45, 2.75) is 13.8 Å². The standard InChI is InChI=1S/C22H24N2O6/c1-4-30-22(26)20-17(24-9-11-29-12-10-24)13-14(2)18(21(25)28-3)19(20)15-7-5-6-8-16(15)23-27/h5-8,13H,4,9-12H2,1-3H3. The van der Waals surface area contributed by atoms with Crippen LogP contribution in [0, 0.1) is 11.8 Å². The molecule has 2 aromatic rings. The predicted octanol–water partition coefficient (Wildman–Crippen LogP) is 3.86. The van der Waals surface area contributed by atoms with Crippen LogP contribution in [0.3, 0.4) is 0 Å². The SMILES string of the molecule is CCOC(=O)c1c(N2CCOCC2)cc(C)c(C(=O)OC)c1-c1ccccc1N=O. The maximum Gasteiger partial charge on any atom is 0.340 e. The van der Waals surface area contributed by atoms with Gasteiger partial charge in [0.05, 0.1) is 43.7 Å². The second-order valence-electron chi connectivity index (χ2n) is 6.76. The molecule has 158 valence electrons. The number of carbonyl (C=O) groups is 2. The second-order valence-corrected chi connectivity index (χ2v) is 6.76. The van der Waals surface area contributed by atoms with Crippen LogP contribution >= 0.6 is 0 Å². The van der Waals surface area contributed by atoms with Crippen LogP contribution in [0.25, 0.3) is 11.1 Å². The van der Waals surface area contributed by atoms with Gasteiger partial charge in [0.1, 0.15) is 5.69 Å². The summed E-state index contributed by atoms with van der Waals surface area (Å²) in [4.78, 5) is 39.4. The van der Waals surface area contributed by atoms with Gasteiger partial charge >= 0.3 is 11.9 Å². The minimum Gasteiger partial charge on any atom is -0.465 e. The fourth-order valence-corrected chi connectivity index (χ4v) is 3.66. The van der Waals surface area contributed by atoms with Gasteiger partial charge in [-0.15, -0.1) is 4.91 Å². The molecule has 0 radical (unpaired) electrons. The fourth-order valence-electron chi connectivity index (χ4n) is 3.66. The normalized spacial score (nSPS) is 13.6. The van der Waals surface area contributed by atoms with Crippen LogP contribution in [0.1, 0.15) is 33.2 Å². The van der Waals surface area contributed by atoms with E-state index in [1.165, 1.54) is 13.2 Å². The van der Waals surface area contributed by atoms with Crippen molar-refractivity contribution in [3.63, 3.8) is 0 Å². The quantitative estimate of drug-likeness (QED) is 0.525. The highest BCUT2D eigenvalue weighted by atomic mass is 16.5. The highest BCUT2D eigenvalue weighted by Crippen LogP contribution is 2.41. The number of methoxy groups -OCH3 is 1. The lowest BCUT2D eigenvalue weighted by atomic mass is 9.88. The summed E-state index contributed by atoms with van der Waals surface area (Å²) >= 11 is 0. The van der Waals surface area contributed by atoms with Gasteiger partial charge in [-0.3, -0.25) is 0 Å². The van der Waals surface area contributed by atoms with Gasteiger partial charge in [0.15, 0.2) is 0 Å². The molecule has 0 N–H and O–H groups in total. The van der Waals surface area contributed by atoms with Crippen LogP contribution in [0.2, 0.25) is 0 Å². The van der Waals surface area contributed by atoms with Crippen molar-refractivity contribution in [1.82, 2.24) is 0 Å². The number of carbonyl (C=O) groups excluding carboxylic acids is 2. The smallest absolute Gasteiger partial charge is 0.340 e. The molecule has 1 aliphatic heterocycles. The van der Waals surface area contributed by atoms with Gasteiger partial charge in [-0.05, 0) is 36.7 Å². The Kier molecular flexibility index (Phi) is 6.79. The first kappa shape index (κ1) is 21.4. The van der Waals surface area contributed by atoms with E-state index in [4.69, 9.17) is 14.2 Å². The number of esters is 2. The molecular formula is C22H24N2O6. The van der Waals surface area contributed by atoms with E-state index in [1.807, 2.05) is 4.90 Å². The molecule has 0 bridgehead atoms. The van der Waals surface area contributed by atoms with Crippen molar-refractivity contribution in [2.24, 2.45) is 5.18 Å². The maximum atomic E-state index is 13.1. The van der Waals surface area contributed by atoms with Gasteiger partial charge in [0, 0.05) is 24.2 Å². The number of benzene rings is 2. The third-order valence-corrected chi connectivity index (χ3v) is 5.00. The molecule has 8 nitrogen and oxygen atoms in total. The zero-order valence-corrected chi connectivity index (χ0v) is 17.3. The molecule has 0 spiro atoms. The minimum atomic E-state index is -0.609. The lowest BCUT2D eigenvalue weighted by Crippen LogP contribution is -2.37. The molecule has 0 saturated carbocycles. The molecule has 0 aromatic heterocycles. The Balaban J connectivity index is 2.42. The second kappa shape index (κ2) is 9.49. The van der Waals surface area contributed by atoms with Crippen molar-refractivity contribution < 1.29 is 23.8 Å². The summed E-state index contributed by atoms with van der Waals surface area (Å²) in [7, 11) is 1.27. The number of ether oxygens (including phenoxy) is 3. The van der Waals surface area contributed by atoms with Gasteiger partial charge in [-0.2, -0.15) is 0 Å². The third kappa shape index (κ3) is 4.04. The van der Waals surface area contributed by atoms with Gasteiger partial charge in [0.2, 0.25) is 0 Å². The lowest BCUT2D eigenvalue weighted by molar-refractivity contribution is 0.0527. The third-order valence-electron chi connectivity index (χ3n) is 5.00. The number of nitroso groups, excluding NO2 is 1. The van der Waals surface area contributed by atoms with Crippen LogP contribution in [-0.2, 0) is 14.2 Å². The topological polar surface area (TPSA) is 94.5 Å². The molecule has 8 heteroatoms. The van der Waals surface area contributed by atoms with Crippen molar-refractivity contribution in [1.29, 1.82) is 0 Å². The average molecular weight is 412 g/mol. The highest BCUT2D eigenvalue weighted by Gasteiger charge is 2.31. The summed E-state index contributed by atoms with van der Waals surface area (Å²) in [6.45, 7) is 5.83. The van der Waals surface area contributed by atoms with Gasteiger partial charge < -0.3 is 19.1 Å². The number of aryl methyl sites for hydroxylation is 1. The monoisotopic (exact) mass is 412 g/mol. The maximum absolute atomic E-state index is 13.1. The Morgan fingerprint density at radius 3 is 2.47 bits per heavy atom. The fraction of sp³-hybridized carbons (Fsp3) is 0.364. The first-order valence-corrected chi connectivity index (χ1v) is 9.71. The Bertz CT molecular complexity index is 966. The summed E-state index contributed by atoms with van der Waals surface area (Å²) in [5.74, 6) is -1.19. The first-order valence-electron chi connectivity index (χ1n) is 9.71. The van der Waals surface area contributed by atoms with E-state index in [2.05, 4.69) is 5.18 Å². The van der Waals surface area contributed by atoms with E-state index in [-0.39, 0.29) is 29.0 Å². The molecule has 0 aliphatic carbocycles. The predicted molar refractivity (Wildman–Crippen MR) is 112 cm³/mol. The summed E-state index contributed by atoms with van der Waals surface area (Å²) in [5, 5.41) is 3.10. The van der Waals surface area contributed by atoms with Crippen LogP contribution in [0.15, 0.2) is 35.5 Å². The highest BCUT2D eigenvalue weighted by molar-refractivity contribution is 6.11. The summed E-state index contributed by atoms with van der Waals surface area (Å²) in [6.07, 6.45) is 0. The van der Waals surface area contributed by atoms with Crippen molar-refractivity contribution >= 4 is 23.3 Å².